The fraction of sp³-hybridized carbons (Fsp3) is 0.458. The molecule has 0 spiro atoms. The predicted octanol–water partition coefficient (Wildman–Crippen LogP) is 3.55. The summed E-state index contributed by atoms with van der Waals surface area (Å²) in [6.07, 6.45) is 2.56. The van der Waals surface area contributed by atoms with Gasteiger partial charge in [0.25, 0.3) is 0 Å². The van der Waals surface area contributed by atoms with E-state index < -0.39 is 0 Å². The Balaban J connectivity index is 1.47. The van der Waals surface area contributed by atoms with Gasteiger partial charge in [0, 0.05) is 26.2 Å². The smallest absolute Gasteiger partial charge is 0.191 e. The van der Waals surface area contributed by atoms with Crippen LogP contribution in [-0.2, 0) is 24.5 Å². The first-order chi connectivity index (χ1) is 14.3. The van der Waals surface area contributed by atoms with Gasteiger partial charge in [0.15, 0.2) is 5.96 Å². The number of rotatable bonds is 9. The summed E-state index contributed by atoms with van der Waals surface area (Å²) in [5.74, 6) is 0.855. The highest BCUT2D eigenvalue weighted by atomic mass is 16.5. The van der Waals surface area contributed by atoms with Crippen LogP contribution in [0, 0.1) is 0 Å². The van der Waals surface area contributed by atoms with E-state index in [0.29, 0.717) is 19.3 Å². The molecule has 0 amide bonds. The van der Waals surface area contributed by atoms with Gasteiger partial charge in [-0.25, -0.2) is 0 Å². The Bertz CT molecular complexity index is 762. The van der Waals surface area contributed by atoms with E-state index in [1.165, 1.54) is 36.1 Å². The van der Waals surface area contributed by atoms with Gasteiger partial charge in [0.2, 0.25) is 0 Å². The number of hydrogen-bond donors (Lipinski definition) is 2. The highest BCUT2D eigenvalue weighted by Crippen LogP contribution is 2.15. The van der Waals surface area contributed by atoms with Crippen molar-refractivity contribution in [3.05, 3.63) is 71.3 Å². The fourth-order valence-electron chi connectivity index (χ4n) is 3.88. The summed E-state index contributed by atoms with van der Waals surface area (Å²) in [7, 11) is 1.83. The molecule has 2 N–H and O–H groups in total. The lowest BCUT2D eigenvalue weighted by Gasteiger charge is -2.24. The van der Waals surface area contributed by atoms with Crippen molar-refractivity contribution in [2.75, 3.05) is 26.7 Å². The molecule has 3 rings (SSSR count). The summed E-state index contributed by atoms with van der Waals surface area (Å²) >= 11 is 0. The summed E-state index contributed by atoms with van der Waals surface area (Å²) in [4.78, 5) is 6.93. The number of nitrogens with one attached hydrogen (secondary N) is 2. The van der Waals surface area contributed by atoms with Crippen LogP contribution in [0.5, 0.6) is 0 Å². The molecule has 1 heterocycles. The third kappa shape index (κ3) is 6.58. The SMILES string of the molecule is CCN1CCCC1CNC(=NC)NCc1ccccc1COCc1ccccc1. The highest BCUT2D eigenvalue weighted by Gasteiger charge is 2.22. The van der Waals surface area contributed by atoms with E-state index >= 15 is 0 Å². The lowest BCUT2D eigenvalue weighted by Crippen LogP contribution is -2.44. The van der Waals surface area contributed by atoms with E-state index in [2.05, 4.69) is 63.8 Å². The molecule has 156 valence electrons. The second kappa shape index (κ2) is 11.6. The van der Waals surface area contributed by atoms with Crippen LogP contribution in [0.1, 0.15) is 36.5 Å². The van der Waals surface area contributed by atoms with Gasteiger partial charge >= 0.3 is 0 Å². The van der Waals surface area contributed by atoms with Crippen LogP contribution in [0.4, 0.5) is 0 Å². The molecule has 29 heavy (non-hydrogen) atoms. The number of hydrogen-bond acceptors (Lipinski definition) is 3. The van der Waals surface area contributed by atoms with E-state index in [9.17, 15) is 0 Å². The Hall–Kier alpha value is -2.37. The summed E-state index contributed by atoms with van der Waals surface area (Å²) in [5, 5.41) is 6.95. The number of guanidine groups is 1. The normalized spacial score (nSPS) is 17.4. The average molecular weight is 395 g/mol. The zero-order valence-electron chi connectivity index (χ0n) is 17.7. The minimum atomic E-state index is 0.603. The third-order valence-corrected chi connectivity index (χ3v) is 5.57. The van der Waals surface area contributed by atoms with Gasteiger partial charge in [-0.05, 0) is 42.6 Å². The molecule has 1 fully saturated rings. The zero-order chi connectivity index (χ0) is 20.3. The maximum absolute atomic E-state index is 5.94. The molecule has 2 aromatic rings. The first-order valence-corrected chi connectivity index (χ1v) is 10.7. The van der Waals surface area contributed by atoms with E-state index in [-0.39, 0.29) is 0 Å². The monoisotopic (exact) mass is 394 g/mol. The van der Waals surface area contributed by atoms with Crippen LogP contribution in [0.3, 0.4) is 0 Å². The van der Waals surface area contributed by atoms with Crippen LogP contribution in [0.2, 0.25) is 0 Å². The number of benzene rings is 2. The van der Waals surface area contributed by atoms with Gasteiger partial charge in [-0.15, -0.1) is 0 Å². The Kier molecular flexibility index (Phi) is 8.53. The van der Waals surface area contributed by atoms with Crippen molar-refractivity contribution in [2.24, 2.45) is 4.99 Å². The fourth-order valence-corrected chi connectivity index (χ4v) is 3.88. The third-order valence-electron chi connectivity index (χ3n) is 5.57. The number of likely N-dealkylation sites (N-methyl/N-ethyl adjacent to an activating group) is 1. The van der Waals surface area contributed by atoms with E-state index in [1.807, 2.05) is 25.2 Å². The first kappa shape index (κ1) is 21.3. The average Bonchev–Trinajstić information content (AvgIpc) is 3.23. The maximum atomic E-state index is 5.94. The van der Waals surface area contributed by atoms with Crippen molar-refractivity contribution < 1.29 is 4.74 Å². The number of nitrogens with zero attached hydrogens (tertiary/aromatic N) is 2. The van der Waals surface area contributed by atoms with Gasteiger partial charge in [-0.1, -0.05) is 61.5 Å². The van der Waals surface area contributed by atoms with Crippen LogP contribution < -0.4 is 10.6 Å². The minimum Gasteiger partial charge on any atom is -0.372 e. The summed E-state index contributed by atoms with van der Waals surface area (Å²) < 4.78 is 5.94. The molecule has 1 aliphatic heterocycles. The summed E-state index contributed by atoms with van der Waals surface area (Å²) in [6.45, 7) is 7.47. The predicted molar refractivity (Wildman–Crippen MR) is 120 cm³/mol. The van der Waals surface area contributed by atoms with E-state index in [4.69, 9.17) is 4.74 Å². The molecular formula is C24H34N4O. The molecule has 1 aliphatic rings. The van der Waals surface area contributed by atoms with Crippen LogP contribution in [0.15, 0.2) is 59.6 Å². The number of ether oxygens (including phenoxy) is 1. The van der Waals surface area contributed by atoms with Crippen molar-refractivity contribution in [3.63, 3.8) is 0 Å². The molecule has 0 radical (unpaired) electrons. The van der Waals surface area contributed by atoms with Crippen LogP contribution in [-0.4, -0.2) is 43.6 Å². The standard InChI is InChI=1S/C24H34N4O/c1-3-28-15-9-14-23(28)17-27-24(25-2)26-16-21-12-7-8-13-22(21)19-29-18-20-10-5-4-6-11-20/h4-8,10-13,23H,3,9,14-19H2,1-2H3,(H2,25,26,27). The van der Waals surface area contributed by atoms with Crippen molar-refractivity contribution in [3.8, 4) is 0 Å². The number of likely N-dealkylation sites (tertiary alicyclic amines) is 1. The molecule has 2 aromatic carbocycles. The Morgan fingerprint density at radius 3 is 2.55 bits per heavy atom. The molecule has 0 aliphatic carbocycles. The zero-order valence-corrected chi connectivity index (χ0v) is 17.7. The highest BCUT2D eigenvalue weighted by molar-refractivity contribution is 5.79. The Morgan fingerprint density at radius 1 is 1.03 bits per heavy atom. The second-order valence-electron chi connectivity index (χ2n) is 7.48. The molecule has 0 aromatic heterocycles. The van der Waals surface area contributed by atoms with E-state index in [1.54, 1.807) is 0 Å². The van der Waals surface area contributed by atoms with Crippen LogP contribution in [0.25, 0.3) is 0 Å². The summed E-state index contributed by atoms with van der Waals surface area (Å²) in [6, 6.07) is 19.3. The number of aliphatic imine (C=N–C) groups is 1. The second-order valence-corrected chi connectivity index (χ2v) is 7.48. The van der Waals surface area contributed by atoms with Gasteiger partial charge in [0.05, 0.1) is 13.2 Å². The lowest BCUT2D eigenvalue weighted by molar-refractivity contribution is 0.106. The van der Waals surface area contributed by atoms with Gasteiger partial charge < -0.3 is 15.4 Å². The molecular weight excluding hydrogens is 360 g/mol. The molecule has 5 nitrogen and oxygen atoms in total. The van der Waals surface area contributed by atoms with Gasteiger partial charge in [-0.2, -0.15) is 0 Å². The molecule has 0 bridgehead atoms. The largest absolute Gasteiger partial charge is 0.372 e. The van der Waals surface area contributed by atoms with E-state index in [0.717, 1.165) is 25.6 Å². The Morgan fingerprint density at radius 2 is 1.79 bits per heavy atom. The quantitative estimate of drug-likeness (QED) is 0.504. The summed E-state index contributed by atoms with van der Waals surface area (Å²) in [5.41, 5.74) is 3.64. The maximum Gasteiger partial charge on any atom is 0.191 e. The molecule has 1 saturated heterocycles. The molecule has 0 saturated carbocycles. The molecule has 1 atom stereocenters. The van der Waals surface area contributed by atoms with Crippen molar-refractivity contribution >= 4 is 5.96 Å². The van der Waals surface area contributed by atoms with Gasteiger partial charge in [-0.3, -0.25) is 9.89 Å². The Labute approximate surface area is 175 Å². The first-order valence-electron chi connectivity index (χ1n) is 10.7. The lowest BCUT2D eigenvalue weighted by atomic mass is 10.1. The van der Waals surface area contributed by atoms with Gasteiger partial charge in [0.1, 0.15) is 0 Å². The topological polar surface area (TPSA) is 48.9 Å². The van der Waals surface area contributed by atoms with Crippen molar-refractivity contribution in [1.82, 2.24) is 15.5 Å². The molecule has 5 heteroatoms. The van der Waals surface area contributed by atoms with Crippen LogP contribution >= 0.6 is 0 Å². The molecule has 1 unspecified atom stereocenters. The van der Waals surface area contributed by atoms with Crippen molar-refractivity contribution in [1.29, 1.82) is 0 Å². The minimum absolute atomic E-state index is 0.603. The van der Waals surface area contributed by atoms with Crippen molar-refractivity contribution in [2.45, 2.75) is 45.6 Å².